The molecule has 0 saturated heterocycles. The van der Waals surface area contributed by atoms with Crippen LogP contribution < -0.4 is 10.5 Å². The molecule has 0 heterocycles. The van der Waals surface area contributed by atoms with Gasteiger partial charge in [0.25, 0.3) is 0 Å². The fourth-order valence-corrected chi connectivity index (χ4v) is 2.20. The third-order valence-electron chi connectivity index (χ3n) is 3.16. The van der Waals surface area contributed by atoms with E-state index in [1.165, 1.54) is 11.1 Å². The van der Waals surface area contributed by atoms with E-state index >= 15 is 0 Å². The van der Waals surface area contributed by atoms with Crippen molar-refractivity contribution in [3.63, 3.8) is 0 Å². The van der Waals surface area contributed by atoms with E-state index in [0.29, 0.717) is 13.2 Å². The first-order chi connectivity index (χ1) is 9.10. The van der Waals surface area contributed by atoms with Crippen molar-refractivity contribution in [3.05, 3.63) is 63.7 Å². The quantitative estimate of drug-likeness (QED) is 0.915. The van der Waals surface area contributed by atoms with E-state index in [-0.39, 0.29) is 0 Å². The van der Waals surface area contributed by atoms with E-state index in [0.717, 1.165) is 21.9 Å². The maximum atomic E-state index is 5.93. The minimum Gasteiger partial charge on any atom is -0.489 e. The summed E-state index contributed by atoms with van der Waals surface area (Å²) in [5, 5.41) is 0.730. The molecule has 0 radical (unpaired) electrons. The van der Waals surface area contributed by atoms with E-state index in [9.17, 15) is 0 Å². The molecule has 2 N–H and O–H groups in total. The van der Waals surface area contributed by atoms with E-state index in [1.54, 1.807) is 0 Å². The van der Waals surface area contributed by atoms with Gasteiger partial charge in [0.05, 0.1) is 0 Å². The van der Waals surface area contributed by atoms with Crippen molar-refractivity contribution in [1.82, 2.24) is 0 Å². The Labute approximate surface area is 119 Å². The Hall–Kier alpha value is -1.51. The zero-order valence-corrected chi connectivity index (χ0v) is 12.0. The van der Waals surface area contributed by atoms with Crippen LogP contribution in [0.15, 0.2) is 36.4 Å². The molecule has 0 aliphatic heterocycles. The fourth-order valence-electron chi connectivity index (χ4n) is 1.98. The number of nitrogens with two attached hydrogens (primary N) is 1. The van der Waals surface area contributed by atoms with Crippen LogP contribution in [0.1, 0.15) is 22.3 Å². The monoisotopic (exact) mass is 275 g/mol. The van der Waals surface area contributed by atoms with Gasteiger partial charge in [0, 0.05) is 11.6 Å². The molecule has 0 atom stereocenters. The molecule has 0 aromatic heterocycles. The molecule has 0 unspecified atom stereocenters. The standard InChI is InChI=1S/C16H18ClNO/c1-11-7-13(9-18)3-4-14(11)10-19-16-6-5-15(17)8-12(16)2/h3-8H,9-10,18H2,1-2H3. The van der Waals surface area contributed by atoms with Gasteiger partial charge in [-0.2, -0.15) is 0 Å². The molecule has 19 heavy (non-hydrogen) atoms. The van der Waals surface area contributed by atoms with Crippen LogP contribution >= 0.6 is 11.6 Å². The predicted molar refractivity (Wildman–Crippen MR) is 79.6 cm³/mol. The van der Waals surface area contributed by atoms with Gasteiger partial charge >= 0.3 is 0 Å². The molecule has 2 aromatic rings. The number of ether oxygens (including phenoxy) is 1. The van der Waals surface area contributed by atoms with Crippen LogP contribution in [0.3, 0.4) is 0 Å². The van der Waals surface area contributed by atoms with Crippen molar-refractivity contribution >= 4 is 11.6 Å². The third kappa shape index (κ3) is 3.49. The molecule has 0 aliphatic carbocycles. The second-order valence-corrected chi connectivity index (χ2v) is 5.10. The normalized spacial score (nSPS) is 10.5. The van der Waals surface area contributed by atoms with Gasteiger partial charge in [-0.05, 0) is 54.3 Å². The molecule has 0 spiro atoms. The summed E-state index contributed by atoms with van der Waals surface area (Å²) in [6, 6.07) is 11.9. The maximum Gasteiger partial charge on any atom is 0.122 e. The summed E-state index contributed by atoms with van der Waals surface area (Å²) < 4.78 is 5.84. The predicted octanol–water partition coefficient (Wildman–Crippen LogP) is 3.99. The van der Waals surface area contributed by atoms with Crippen molar-refractivity contribution in [1.29, 1.82) is 0 Å². The van der Waals surface area contributed by atoms with Crippen LogP contribution in [0.4, 0.5) is 0 Å². The first-order valence-electron chi connectivity index (χ1n) is 6.27. The fraction of sp³-hybridized carbons (Fsp3) is 0.250. The van der Waals surface area contributed by atoms with Crippen molar-refractivity contribution in [2.24, 2.45) is 5.73 Å². The van der Waals surface area contributed by atoms with Crippen LogP contribution in [0.2, 0.25) is 5.02 Å². The summed E-state index contributed by atoms with van der Waals surface area (Å²) in [7, 11) is 0. The van der Waals surface area contributed by atoms with Gasteiger partial charge in [0.1, 0.15) is 12.4 Å². The summed E-state index contributed by atoms with van der Waals surface area (Å²) in [5.41, 5.74) is 10.2. The maximum absolute atomic E-state index is 5.93. The summed E-state index contributed by atoms with van der Waals surface area (Å²) in [6.45, 7) is 5.19. The molecular formula is C16H18ClNO. The van der Waals surface area contributed by atoms with Gasteiger partial charge in [-0.1, -0.05) is 29.8 Å². The zero-order valence-electron chi connectivity index (χ0n) is 11.2. The van der Waals surface area contributed by atoms with E-state index < -0.39 is 0 Å². The highest BCUT2D eigenvalue weighted by molar-refractivity contribution is 6.30. The van der Waals surface area contributed by atoms with E-state index in [2.05, 4.69) is 19.1 Å². The van der Waals surface area contributed by atoms with Gasteiger partial charge in [0.15, 0.2) is 0 Å². The third-order valence-corrected chi connectivity index (χ3v) is 3.40. The summed E-state index contributed by atoms with van der Waals surface area (Å²) in [5.74, 6) is 0.867. The van der Waals surface area contributed by atoms with Gasteiger partial charge in [-0.3, -0.25) is 0 Å². The van der Waals surface area contributed by atoms with Crippen LogP contribution in [0.25, 0.3) is 0 Å². The molecule has 0 saturated carbocycles. The second kappa shape index (κ2) is 6.09. The Balaban J connectivity index is 2.10. The second-order valence-electron chi connectivity index (χ2n) is 4.66. The average molecular weight is 276 g/mol. The number of halogens is 1. The van der Waals surface area contributed by atoms with Gasteiger partial charge in [-0.15, -0.1) is 0 Å². The number of hydrogen-bond acceptors (Lipinski definition) is 2. The number of benzene rings is 2. The number of rotatable bonds is 4. The number of hydrogen-bond donors (Lipinski definition) is 1. The average Bonchev–Trinajstić information content (AvgIpc) is 2.39. The van der Waals surface area contributed by atoms with Crippen LogP contribution in [-0.2, 0) is 13.2 Å². The molecule has 0 bridgehead atoms. The summed E-state index contributed by atoms with van der Waals surface area (Å²) in [4.78, 5) is 0. The Bertz CT molecular complexity index is 581. The largest absolute Gasteiger partial charge is 0.489 e. The van der Waals surface area contributed by atoms with Gasteiger partial charge in [-0.25, -0.2) is 0 Å². The lowest BCUT2D eigenvalue weighted by Crippen LogP contribution is -2.02. The Morgan fingerprint density at radius 1 is 1.05 bits per heavy atom. The molecule has 0 aliphatic rings. The Morgan fingerprint density at radius 2 is 1.84 bits per heavy atom. The molecule has 2 rings (SSSR count). The molecule has 3 heteroatoms. The van der Waals surface area contributed by atoms with Gasteiger partial charge < -0.3 is 10.5 Å². The molecule has 2 nitrogen and oxygen atoms in total. The minimum absolute atomic E-state index is 0.555. The lowest BCUT2D eigenvalue weighted by atomic mass is 10.1. The van der Waals surface area contributed by atoms with E-state index in [1.807, 2.05) is 31.2 Å². The highest BCUT2D eigenvalue weighted by Crippen LogP contribution is 2.23. The van der Waals surface area contributed by atoms with E-state index in [4.69, 9.17) is 22.1 Å². The summed E-state index contributed by atoms with van der Waals surface area (Å²) in [6.07, 6.45) is 0. The summed E-state index contributed by atoms with van der Waals surface area (Å²) >= 11 is 5.93. The van der Waals surface area contributed by atoms with Crippen molar-refractivity contribution in [3.8, 4) is 5.75 Å². The smallest absolute Gasteiger partial charge is 0.122 e. The first-order valence-corrected chi connectivity index (χ1v) is 6.65. The van der Waals surface area contributed by atoms with Crippen LogP contribution in [0.5, 0.6) is 5.75 Å². The lowest BCUT2D eigenvalue weighted by Gasteiger charge is -2.12. The molecule has 100 valence electrons. The topological polar surface area (TPSA) is 35.2 Å². The number of aryl methyl sites for hydroxylation is 2. The zero-order chi connectivity index (χ0) is 13.8. The van der Waals surface area contributed by atoms with Crippen molar-refractivity contribution < 1.29 is 4.74 Å². The molecule has 0 amide bonds. The van der Waals surface area contributed by atoms with Crippen LogP contribution in [0, 0.1) is 13.8 Å². The highest BCUT2D eigenvalue weighted by atomic mass is 35.5. The van der Waals surface area contributed by atoms with Crippen molar-refractivity contribution in [2.45, 2.75) is 27.0 Å². The van der Waals surface area contributed by atoms with Crippen LogP contribution in [-0.4, -0.2) is 0 Å². The minimum atomic E-state index is 0.555. The SMILES string of the molecule is Cc1cc(CN)ccc1COc1ccc(Cl)cc1C. The van der Waals surface area contributed by atoms with Crippen molar-refractivity contribution in [2.75, 3.05) is 0 Å². The Morgan fingerprint density at radius 3 is 2.47 bits per heavy atom. The molecular weight excluding hydrogens is 258 g/mol. The Kier molecular flexibility index (Phi) is 4.46. The molecule has 0 fully saturated rings. The first kappa shape index (κ1) is 13.9. The van der Waals surface area contributed by atoms with Gasteiger partial charge in [0.2, 0.25) is 0 Å². The highest BCUT2D eigenvalue weighted by Gasteiger charge is 2.03. The molecule has 2 aromatic carbocycles. The lowest BCUT2D eigenvalue weighted by molar-refractivity contribution is 0.303.